The lowest BCUT2D eigenvalue weighted by atomic mass is 10.2. The summed E-state index contributed by atoms with van der Waals surface area (Å²) >= 11 is 1.66. The second-order valence-electron chi connectivity index (χ2n) is 3.05. The number of aliphatic imine (C=N–C) groups is 2. The minimum atomic E-state index is 0.0175. The predicted octanol–water partition coefficient (Wildman–Crippen LogP) is 0.824. The van der Waals surface area contributed by atoms with Gasteiger partial charge in [0.05, 0.1) is 11.7 Å². The third kappa shape index (κ3) is 1.99. The lowest BCUT2D eigenvalue weighted by Crippen LogP contribution is -2.21. The fraction of sp³-hybridized carbons (Fsp3) is 0.556. The Morgan fingerprint density at radius 2 is 2.43 bits per heavy atom. The van der Waals surface area contributed by atoms with Gasteiger partial charge in [-0.25, -0.2) is 4.99 Å². The van der Waals surface area contributed by atoms with Crippen LogP contribution in [0, 0.1) is 0 Å². The van der Waals surface area contributed by atoms with Gasteiger partial charge in [-0.1, -0.05) is 17.8 Å². The fourth-order valence-electron chi connectivity index (χ4n) is 1.37. The highest BCUT2D eigenvalue weighted by molar-refractivity contribution is 8.14. The molecule has 0 saturated carbocycles. The van der Waals surface area contributed by atoms with Crippen LogP contribution in [-0.4, -0.2) is 40.7 Å². The van der Waals surface area contributed by atoms with Gasteiger partial charge in [-0.2, -0.15) is 0 Å². The summed E-state index contributed by atoms with van der Waals surface area (Å²) in [6, 6.07) is 0.168. The van der Waals surface area contributed by atoms with Gasteiger partial charge in [0.25, 0.3) is 0 Å². The van der Waals surface area contributed by atoms with Crippen molar-refractivity contribution in [1.82, 2.24) is 0 Å². The van der Waals surface area contributed by atoms with Gasteiger partial charge in [0, 0.05) is 0 Å². The first-order valence-electron chi connectivity index (χ1n) is 4.50. The minimum Gasteiger partial charge on any atom is -0.475 e. The standard InChI is InChI=1S/C9H12N2O2S/c1-6-10-7-2-3-8(13-5-4-12)11-9(7)14-6/h2-3,7,9,12H,4-5H2,1H3. The van der Waals surface area contributed by atoms with Gasteiger partial charge in [0.1, 0.15) is 18.0 Å². The Labute approximate surface area is 86.8 Å². The molecule has 0 amide bonds. The van der Waals surface area contributed by atoms with Crippen LogP contribution in [0.5, 0.6) is 0 Å². The number of hydrogen-bond acceptors (Lipinski definition) is 5. The van der Waals surface area contributed by atoms with Crippen molar-refractivity contribution in [3.05, 3.63) is 12.2 Å². The zero-order valence-corrected chi connectivity index (χ0v) is 8.70. The number of hydrogen-bond donors (Lipinski definition) is 1. The molecule has 0 saturated heterocycles. The highest BCUT2D eigenvalue weighted by Gasteiger charge is 2.28. The van der Waals surface area contributed by atoms with E-state index in [2.05, 4.69) is 9.98 Å². The number of dihydropyridines is 1. The van der Waals surface area contributed by atoms with Crippen LogP contribution in [0.15, 0.2) is 22.1 Å². The van der Waals surface area contributed by atoms with Crippen molar-refractivity contribution in [3.63, 3.8) is 0 Å². The quantitative estimate of drug-likeness (QED) is 0.737. The SMILES string of the molecule is CC1=NC2C=CC(OCCO)=NC2S1. The van der Waals surface area contributed by atoms with Crippen LogP contribution >= 0.6 is 11.8 Å². The van der Waals surface area contributed by atoms with Crippen LogP contribution in [0.1, 0.15) is 6.92 Å². The van der Waals surface area contributed by atoms with E-state index in [1.54, 1.807) is 11.8 Å². The van der Waals surface area contributed by atoms with Gasteiger partial charge in [-0.05, 0) is 13.0 Å². The van der Waals surface area contributed by atoms with Gasteiger partial charge in [-0.3, -0.25) is 4.99 Å². The van der Waals surface area contributed by atoms with Crippen molar-refractivity contribution >= 4 is 22.7 Å². The molecule has 4 nitrogen and oxygen atoms in total. The highest BCUT2D eigenvalue weighted by Crippen LogP contribution is 2.30. The molecule has 0 spiro atoms. The molecular formula is C9H12N2O2S. The molecule has 0 aromatic heterocycles. The molecule has 0 radical (unpaired) electrons. The summed E-state index contributed by atoms with van der Waals surface area (Å²) in [5, 5.41) is 9.79. The van der Waals surface area contributed by atoms with Crippen LogP contribution in [-0.2, 0) is 4.74 Å². The molecular weight excluding hydrogens is 200 g/mol. The first kappa shape index (κ1) is 9.73. The van der Waals surface area contributed by atoms with E-state index in [0.29, 0.717) is 12.5 Å². The summed E-state index contributed by atoms with van der Waals surface area (Å²) in [5.41, 5.74) is 0. The molecule has 2 aliphatic heterocycles. The second kappa shape index (κ2) is 4.14. The van der Waals surface area contributed by atoms with E-state index >= 15 is 0 Å². The van der Waals surface area contributed by atoms with E-state index in [-0.39, 0.29) is 18.0 Å². The molecule has 2 atom stereocenters. The number of thioether (sulfide) groups is 1. The van der Waals surface area contributed by atoms with Gasteiger partial charge in [-0.15, -0.1) is 0 Å². The smallest absolute Gasteiger partial charge is 0.209 e. The Bertz CT molecular complexity index is 312. The third-order valence-corrected chi connectivity index (χ3v) is 3.02. The van der Waals surface area contributed by atoms with Crippen molar-refractivity contribution in [2.75, 3.05) is 13.2 Å². The van der Waals surface area contributed by atoms with Crippen molar-refractivity contribution in [1.29, 1.82) is 0 Å². The van der Waals surface area contributed by atoms with Gasteiger partial charge in [0.15, 0.2) is 0 Å². The summed E-state index contributed by atoms with van der Waals surface area (Å²) in [4.78, 5) is 8.78. The van der Waals surface area contributed by atoms with E-state index in [1.165, 1.54) is 0 Å². The van der Waals surface area contributed by atoms with Crippen LogP contribution in [0.2, 0.25) is 0 Å². The Hall–Kier alpha value is -0.810. The number of ether oxygens (including phenoxy) is 1. The zero-order chi connectivity index (χ0) is 9.97. The van der Waals surface area contributed by atoms with Gasteiger partial charge in [0.2, 0.25) is 5.90 Å². The van der Waals surface area contributed by atoms with E-state index < -0.39 is 0 Å². The molecule has 2 unspecified atom stereocenters. The van der Waals surface area contributed by atoms with Gasteiger partial charge >= 0.3 is 0 Å². The molecule has 14 heavy (non-hydrogen) atoms. The summed E-state index contributed by atoms with van der Waals surface area (Å²) < 4.78 is 5.22. The van der Waals surface area contributed by atoms with Crippen molar-refractivity contribution < 1.29 is 9.84 Å². The molecule has 76 valence electrons. The highest BCUT2D eigenvalue weighted by atomic mass is 32.2. The predicted molar refractivity (Wildman–Crippen MR) is 57.9 cm³/mol. The topological polar surface area (TPSA) is 54.2 Å². The van der Waals surface area contributed by atoms with Crippen LogP contribution < -0.4 is 0 Å². The number of aliphatic hydroxyl groups excluding tert-OH is 1. The summed E-state index contributed by atoms with van der Waals surface area (Å²) in [7, 11) is 0. The molecule has 0 fully saturated rings. The Kier molecular flexibility index (Phi) is 2.88. The number of nitrogens with zero attached hydrogens (tertiary/aromatic N) is 2. The van der Waals surface area contributed by atoms with E-state index in [4.69, 9.17) is 9.84 Å². The van der Waals surface area contributed by atoms with Crippen molar-refractivity contribution in [2.45, 2.75) is 18.3 Å². The largest absolute Gasteiger partial charge is 0.475 e. The average Bonchev–Trinajstić information content (AvgIpc) is 2.54. The average molecular weight is 212 g/mol. The molecule has 0 aromatic rings. The summed E-state index contributed by atoms with van der Waals surface area (Å²) in [6.07, 6.45) is 3.81. The molecule has 5 heteroatoms. The normalized spacial score (nSPS) is 29.6. The maximum absolute atomic E-state index is 8.59. The summed E-state index contributed by atoms with van der Waals surface area (Å²) in [5.74, 6) is 0.595. The van der Waals surface area contributed by atoms with E-state index in [9.17, 15) is 0 Å². The first-order valence-corrected chi connectivity index (χ1v) is 5.38. The second-order valence-corrected chi connectivity index (χ2v) is 4.36. The summed E-state index contributed by atoms with van der Waals surface area (Å²) in [6.45, 7) is 2.30. The number of fused-ring (bicyclic) bond motifs is 1. The maximum Gasteiger partial charge on any atom is 0.209 e. The Balaban J connectivity index is 1.99. The van der Waals surface area contributed by atoms with E-state index in [0.717, 1.165) is 5.04 Å². The van der Waals surface area contributed by atoms with Crippen molar-refractivity contribution in [2.24, 2.45) is 9.98 Å². The number of aliphatic hydroxyl groups is 1. The van der Waals surface area contributed by atoms with Crippen LogP contribution in [0.3, 0.4) is 0 Å². The molecule has 0 aliphatic carbocycles. The van der Waals surface area contributed by atoms with Crippen LogP contribution in [0.4, 0.5) is 0 Å². The van der Waals surface area contributed by atoms with E-state index in [1.807, 2.05) is 19.1 Å². The molecule has 1 N–H and O–H groups in total. The zero-order valence-electron chi connectivity index (χ0n) is 7.88. The third-order valence-electron chi connectivity index (χ3n) is 1.95. The minimum absolute atomic E-state index is 0.0175. The lowest BCUT2D eigenvalue weighted by molar-refractivity contribution is 0.194. The first-order chi connectivity index (χ1) is 6.79. The Morgan fingerprint density at radius 3 is 3.21 bits per heavy atom. The Morgan fingerprint density at radius 1 is 1.57 bits per heavy atom. The van der Waals surface area contributed by atoms with Crippen molar-refractivity contribution in [3.8, 4) is 0 Å². The van der Waals surface area contributed by atoms with Gasteiger partial charge < -0.3 is 9.84 Å². The molecule has 2 aliphatic rings. The van der Waals surface area contributed by atoms with Crippen LogP contribution in [0.25, 0.3) is 0 Å². The molecule has 0 aromatic carbocycles. The fourth-order valence-corrected chi connectivity index (χ4v) is 2.35. The lowest BCUT2D eigenvalue weighted by Gasteiger charge is -2.15. The molecule has 2 heterocycles. The monoisotopic (exact) mass is 212 g/mol. The molecule has 2 rings (SSSR count). The molecule has 0 bridgehead atoms. The maximum atomic E-state index is 8.59. The number of rotatable bonds is 2.